The molecule has 1 N–H and O–H groups in total. The van der Waals surface area contributed by atoms with Gasteiger partial charge in [0.15, 0.2) is 0 Å². The molecule has 0 saturated heterocycles. The molecule has 4 heteroatoms. The van der Waals surface area contributed by atoms with Crippen LogP contribution in [0.2, 0.25) is 0 Å². The molecule has 2 rings (SSSR count). The van der Waals surface area contributed by atoms with Crippen molar-refractivity contribution in [2.75, 3.05) is 5.32 Å². The summed E-state index contributed by atoms with van der Waals surface area (Å²) < 4.78 is 2.99. The van der Waals surface area contributed by atoms with Crippen molar-refractivity contribution in [3.05, 3.63) is 45.7 Å². The fourth-order valence-electron chi connectivity index (χ4n) is 2.11. The van der Waals surface area contributed by atoms with E-state index >= 15 is 0 Å². The lowest BCUT2D eigenvalue weighted by Crippen LogP contribution is -2.07. The molecule has 0 aliphatic rings. The number of rotatable bonds is 3. The van der Waals surface area contributed by atoms with Gasteiger partial charge in [-0.1, -0.05) is 15.9 Å². The first-order valence-corrected chi connectivity index (χ1v) is 6.79. The average molecular weight is 308 g/mol. The molecule has 18 heavy (non-hydrogen) atoms. The van der Waals surface area contributed by atoms with Crippen LogP contribution >= 0.6 is 15.9 Å². The summed E-state index contributed by atoms with van der Waals surface area (Å²) in [6.45, 7) is 6.29. The zero-order valence-electron chi connectivity index (χ0n) is 11.2. The van der Waals surface area contributed by atoms with Gasteiger partial charge in [0.2, 0.25) is 0 Å². The molecule has 0 amide bonds. The molecule has 0 aliphatic heterocycles. The SMILES string of the molecule is Cc1cc(NC(C)c2cn(C)nc2C)ccc1Br. The maximum Gasteiger partial charge on any atom is 0.0646 e. The topological polar surface area (TPSA) is 29.9 Å². The van der Waals surface area contributed by atoms with E-state index in [4.69, 9.17) is 0 Å². The second-order valence-electron chi connectivity index (χ2n) is 4.67. The Labute approximate surface area is 116 Å². The second kappa shape index (κ2) is 5.14. The summed E-state index contributed by atoms with van der Waals surface area (Å²) >= 11 is 3.51. The van der Waals surface area contributed by atoms with Crippen LogP contribution in [-0.4, -0.2) is 9.78 Å². The monoisotopic (exact) mass is 307 g/mol. The first-order valence-electron chi connectivity index (χ1n) is 6.00. The largest absolute Gasteiger partial charge is 0.378 e. The summed E-state index contributed by atoms with van der Waals surface area (Å²) in [5.74, 6) is 0. The molecule has 1 unspecified atom stereocenters. The van der Waals surface area contributed by atoms with Crippen LogP contribution in [0.3, 0.4) is 0 Å². The number of aromatic nitrogens is 2. The number of nitrogens with zero attached hydrogens (tertiary/aromatic N) is 2. The number of nitrogens with one attached hydrogen (secondary N) is 1. The molecule has 1 atom stereocenters. The highest BCUT2D eigenvalue weighted by Gasteiger charge is 2.11. The summed E-state index contributed by atoms with van der Waals surface area (Å²) in [5.41, 5.74) is 4.67. The van der Waals surface area contributed by atoms with E-state index in [9.17, 15) is 0 Å². The Balaban J connectivity index is 2.18. The van der Waals surface area contributed by atoms with Crippen LogP contribution in [0.4, 0.5) is 5.69 Å². The van der Waals surface area contributed by atoms with Crippen LogP contribution in [0.25, 0.3) is 0 Å². The van der Waals surface area contributed by atoms with E-state index in [0.717, 1.165) is 15.9 Å². The van der Waals surface area contributed by atoms with Crippen molar-refractivity contribution in [1.82, 2.24) is 9.78 Å². The third kappa shape index (κ3) is 2.75. The Morgan fingerprint density at radius 1 is 1.33 bits per heavy atom. The lowest BCUT2D eigenvalue weighted by molar-refractivity contribution is 0.756. The lowest BCUT2D eigenvalue weighted by Gasteiger charge is -2.15. The molecule has 2 aromatic rings. The Hall–Kier alpha value is -1.29. The van der Waals surface area contributed by atoms with E-state index in [1.54, 1.807) is 0 Å². The van der Waals surface area contributed by atoms with Crippen LogP contribution < -0.4 is 5.32 Å². The second-order valence-corrected chi connectivity index (χ2v) is 5.53. The predicted molar refractivity (Wildman–Crippen MR) is 78.9 cm³/mol. The quantitative estimate of drug-likeness (QED) is 0.929. The predicted octanol–water partition coefficient (Wildman–Crippen LogP) is 3.97. The van der Waals surface area contributed by atoms with Gasteiger partial charge in [-0.05, 0) is 44.5 Å². The zero-order chi connectivity index (χ0) is 13.3. The minimum Gasteiger partial charge on any atom is -0.378 e. The van der Waals surface area contributed by atoms with Gasteiger partial charge in [0.1, 0.15) is 0 Å². The molecule has 0 spiro atoms. The fourth-order valence-corrected chi connectivity index (χ4v) is 2.35. The number of hydrogen-bond donors (Lipinski definition) is 1. The molecule has 3 nitrogen and oxygen atoms in total. The highest BCUT2D eigenvalue weighted by molar-refractivity contribution is 9.10. The van der Waals surface area contributed by atoms with Crippen LogP contribution in [0, 0.1) is 13.8 Å². The summed E-state index contributed by atoms with van der Waals surface area (Å²) in [4.78, 5) is 0. The molecule has 1 aromatic carbocycles. The van der Waals surface area contributed by atoms with E-state index in [1.807, 2.05) is 18.7 Å². The van der Waals surface area contributed by atoms with E-state index < -0.39 is 0 Å². The maximum absolute atomic E-state index is 4.37. The summed E-state index contributed by atoms with van der Waals surface area (Å²) in [5, 5.41) is 7.88. The van der Waals surface area contributed by atoms with E-state index in [1.165, 1.54) is 11.1 Å². The van der Waals surface area contributed by atoms with Crippen molar-refractivity contribution in [3.8, 4) is 0 Å². The number of aryl methyl sites for hydroxylation is 3. The van der Waals surface area contributed by atoms with Gasteiger partial charge >= 0.3 is 0 Å². The zero-order valence-corrected chi connectivity index (χ0v) is 12.7. The molecule has 0 bridgehead atoms. The molecule has 96 valence electrons. The third-order valence-electron chi connectivity index (χ3n) is 3.06. The average Bonchev–Trinajstić information content (AvgIpc) is 2.63. The van der Waals surface area contributed by atoms with Crippen LogP contribution in [0.15, 0.2) is 28.9 Å². The Morgan fingerprint density at radius 2 is 2.06 bits per heavy atom. The van der Waals surface area contributed by atoms with E-state index in [-0.39, 0.29) is 6.04 Å². The third-order valence-corrected chi connectivity index (χ3v) is 3.95. The highest BCUT2D eigenvalue weighted by atomic mass is 79.9. The summed E-state index contributed by atoms with van der Waals surface area (Å²) in [6.07, 6.45) is 2.07. The number of halogens is 1. The van der Waals surface area contributed by atoms with Gasteiger partial charge in [-0.15, -0.1) is 0 Å². The van der Waals surface area contributed by atoms with Crippen LogP contribution in [0.5, 0.6) is 0 Å². The number of anilines is 1. The Kier molecular flexibility index (Phi) is 3.76. The van der Waals surface area contributed by atoms with Gasteiger partial charge in [-0.25, -0.2) is 0 Å². The minimum atomic E-state index is 0.249. The lowest BCUT2D eigenvalue weighted by atomic mass is 10.1. The smallest absolute Gasteiger partial charge is 0.0646 e. The Bertz CT molecular complexity index is 560. The van der Waals surface area contributed by atoms with Gasteiger partial charge in [0, 0.05) is 29.0 Å². The molecular formula is C14H18BrN3. The van der Waals surface area contributed by atoms with Crippen molar-refractivity contribution >= 4 is 21.6 Å². The molecule has 0 fully saturated rings. The Morgan fingerprint density at radius 3 is 2.61 bits per heavy atom. The van der Waals surface area contributed by atoms with Gasteiger partial charge < -0.3 is 5.32 Å². The van der Waals surface area contributed by atoms with Gasteiger partial charge in [-0.3, -0.25) is 4.68 Å². The molecular weight excluding hydrogens is 290 g/mol. The van der Waals surface area contributed by atoms with Crippen molar-refractivity contribution in [3.63, 3.8) is 0 Å². The molecule has 1 aromatic heterocycles. The van der Waals surface area contributed by atoms with Crippen molar-refractivity contribution in [2.45, 2.75) is 26.8 Å². The van der Waals surface area contributed by atoms with Crippen molar-refractivity contribution < 1.29 is 0 Å². The van der Waals surface area contributed by atoms with Crippen LogP contribution in [0.1, 0.15) is 29.8 Å². The normalized spacial score (nSPS) is 12.5. The molecule has 1 heterocycles. The standard InChI is InChI=1S/C14H18BrN3/c1-9-7-12(5-6-14(9)15)16-10(2)13-8-18(4)17-11(13)3/h5-8,10,16H,1-4H3. The molecule has 0 saturated carbocycles. The van der Waals surface area contributed by atoms with Crippen molar-refractivity contribution in [1.29, 1.82) is 0 Å². The van der Waals surface area contributed by atoms with E-state index in [0.29, 0.717) is 0 Å². The number of hydrogen-bond acceptors (Lipinski definition) is 2. The fraction of sp³-hybridized carbons (Fsp3) is 0.357. The van der Waals surface area contributed by atoms with Crippen LogP contribution in [-0.2, 0) is 7.05 Å². The maximum atomic E-state index is 4.37. The van der Waals surface area contributed by atoms with E-state index in [2.05, 4.69) is 64.6 Å². The minimum absolute atomic E-state index is 0.249. The molecule has 0 aliphatic carbocycles. The summed E-state index contributed by atoms with van der Waals surface area (Å²) in [6, 6.07) is 6.55. The van der Waals surface area contributed by atoms with Crippen molar-refractivity contribution in [2.24, 2.45) is 7.05 Å². The molecule has 0 radical (unpaired) electrons. The van der Waals surface area contributed by atoms with Gasteiger partial charge in [0.05, 0.1) is 11.7 Å². The summed E-state index contributed by atoms with van der Waals surface area (Å²) in [7, 11) is 1.95. The van der Waals surface area contributed by atoms with Gasteiger partial charge in [-0.2, -0.15) is 5.10 Å². The van der Waals surface area contributed by atoms with Gasteiger partial charge in [0.25, 0.3) is 0 Å². The first-order chi connectivity index (χ1) is 8.47. The number of benzene rings is 1. The highest BCUT2D eigenvalue weighted by Crippen LogP contribution is 2.24. The first kappa shape index (κ1) is 13.1.